The summed E-state index contributed by atoms with van der Waals surface area (Å²) in [6, 6.07) is 1.24. The Bertz CT molecular complexity index is 435. The van der Waals surface area contributed by atoms with E-state index in [1.54, 1.807) is 0 Å². The molecule has 0 aromatic rings. The lowest BCUT2D eigenvalue weighted by molar-refractivity contribution is -0.0672. The van der Waals surface area contributed by atoms with Gasteiger partial charge in [0.05, 0.1) is 25.5 Å². The maximum atomic E-state index is 6.50. The molecule has 0 radical (unpaired) electrons. The molecule has 2 heterocycles. The van der Waals surface area contributed by atoms with Gasteiger partial charge in [0.15, 0.2) is 0 Å². The van der Waals surface area contributed by atoms with Gasteiger partial charge in [0.2, 0.25) is 0 Å². The van der Waals surface area contributed by atoms with Crippen LogP contribution < -0.4 is 16.2 Å². The Kier molecular flexibility index (Phi) is 5.98. The summed E-state index contributed by atoms with van der Waals surface area (Å²) in [5.74, 6) is 2.89. The van der Waals surface area contributed by atoms with Gasteiger partial charge in [-0.1, -0.05) is 13.3 Å². The van der Waals surface area contributed by atoms with E-state index in [1.807, 2.05) is 0 Å². The average Bonchev–Trinajstić information content (AvgIpc) is 3.00. The van der Waals surface area contributed by atoms with E-state index in [2.05, 4.69) is 30.0 Å². The molecule has 0 aromatic carbocycles. The molecule has 4 rings (SSSR count). The lowest BCUT2D eigenvalue weighted by Gasteiger charge is -2.41. The minimum atomic E-state index is 0.321. The first-order valence-corrected chi connectivity index (χ1v) is 10.7. The van der Waals surface area contributed by atoms with Crippen molar-refractivity contribution in [2.75, 3.05) is 19.9 Å². The molecule has 0 amide bonds. The molecule has 2 saturated heterocycles. The molecule has 5 heteroatoms. The molecular weight excluding hydrogens is 314 g/mol. The summed E-state index contributed by atoms with van der Waals surface area (Å²) in [4.78, 5) is 0. The minimum absolute atomic E-state index is 0.321. The second kappa shape index (κ2) is 8.22. The monoisotopic (exact) mass is 351 g/mol. The summed E-state index contributed by atoms with van der Waals surface area (Å²) >= 11 is 0. The zero-order chi connectivity index (χ0) is 17.2. The molecule has 4 fully saturated rings. The third kappa shape index (κ3) is 4.22. The molecule has 0 spiro atoms. The van der Waals surface area contributed by atoms with Gasteiger partial charge in [0.1, 0.15) is 0 Å². The van der Waals surface area contributed by atoms with Crippen molar-refractivity contribution in [2.24, 2.45) is 23.7 Å². The molecule has 4 aliphatic rings. The zero-order valence-electron chi connectivity index (χ0n) is 16.0. The summed E-state index contributed by atoms with van der Waals surface area (Å²) in [6.45, 7) is 7.19. The first kappa shape index (κ1) is 18.2. The van der Waals surface area contributed by atoms with Crippen molar-refractivity contribution in [1.29, 1.82) is 0 Å². The molecule has 25 heavy (non-hydrogen) atoms. The Labute approximate surface area is 152 Å². The molecule has 5 nitrogen and oxygen atoms in total. The van der Waals surface area contributed by atoms with Gasteiger partial charge in [0, 0.05) is 12.1 Å². The number of hydrogen-bond donors (Lipinski definition) is 3. The maximum Gasteiger partial charge on any atom is 0.0965 e. The van der Waals surface area contributed by atoms with Gasteiger partial charge in [-0.2, -0.15) is 0 Å². The number of ether oxygens (including phenoxy) is 2. The lowest BCUT2D eigenvalue weighted by Crippen LogP contribution is -2.45. The van der Waals surface area contributed by atoms with Crippen LogP contribution in [0, 0.1) is 23.7 Å². The smallest absolute Gasteiger partial charge is 0.0965 e. The molecule has 7 unspecified atom stereocenters. The van der Waals surface area contributed by atoms with Gasteiger partial charge >= 0.3 is 0 Å². The molecule has 2 aliphatic carbocycles. The van der Waals surface area contributed by atoms with Crippen LogP contribution in [-0.4, -0.2) is 44.2 Å². The highest BCUT2D eigenvalue weighted by atomic mass is 16.5. The molecule has 0 aromatic heterocycles. The molecule has 2 saturated carbocycles. The summed E-state index contributed by atoms with van der Waals surface area (Å²) in [5.41, 5.74) is 7.35. The van der Waals surface area contributed by atoms with E-state index in [0.717, 1.165) is 37.3 Å². The molecular formula is C20H37N3O2. The third-order valence-corrected chi connectivity index (χ3v) is 7.20. The van der Waals surface area contributed by atoms with Crippen LogP contribution in [0.3, 0.4) is 0 Å². The van der Waals surface area contributed by atoms with Crippen LogP contribution in [0.4, 0.5) is 0 Å². The maximum absolute atomic E-state index is 6.50. The molecule has 2 aliphatic heterocycles. The van der Waals surface area contributed by atoms with Crippen LogP contribution >= 0.6 is 0 Å². The van der Waals surface area contributed by atoms with E-state index < -0.39 is 0 Å². The van der Waals surface area contributed by atoms with Crippen LogP contribution in [0.25, 0.3) is 0 Å². The Balaban J connectivity index is 1.49. The highest BCUT2D eigenvalue weighted by molar-refractivity contribution is 5.01. The van der Waals surface area contributed by atoms with Crippen LogP contribution in [0.2, 0.25) is 0 Å². The number of hydrogen-bond acceptors (Lipinski definition) is 5. The Hall–Kier alpha value is -0.200. The number of fused-ring (bicyclic) bond motifs is 4. The van der Waals surface area contributed by atoms with Crippen molar-refractivity contribution in [3.05, 3.63) is 0 Å². The van der Waals surface area contributed by atoms with Gasteiger partial charge in [-0.15, -0.1) is 0 Å². The SMILES string of the molecule is CC1CC2NNC3C4CCCC(COCNCC[C@@H](C)OC1CC23)C4. The van der Waals surface area contributed by atoms with Crippen molar-refractivity contribution in [2.45, 2.75) is 83.1 Å². The predicted octanol–water partition coefficient (Wildman–Crippen LogP) is 2.43. The van der Waals surface area contributed by atoms with E-state index in [9.17, 15) is 0 Å². The zero-order valence-corrected chi connectivity index (χ0v) is 16.0. The molecule has 144 valence electrons. The third-order valence-electron chi connectivity index (χ3n) is 7.20. The van der Waals surface area contributed by atoms with Gasteiger partial charge in [-0.3, -0.25) is 16.2 Å². The largest absolute Gasteiger partial charge is 0.375 e. The van der Waals surface area contributed by atoms with Crippen molar-refractivity contribution in [3.8, 4) is 0 Å². The van der Waals surface area contributed by atoms with E-state index in [1.165, 1.54) is 38.5 Å². The van der Waals surface area contributed by atoms with Crippen LogP contribution in [0.1, 0.15) is 58.8 Å². The Morgan fingerprint density at radius 1 is 0.960 bits per heavy atom. The number of nitrogens with one attached hydrogen (secondary N) is 3. The van der Waals surface area contributed by atoms with Gasteiger partial charge < -0.3 is 9.47 Å². The molecule has 3 N–H and O–H groups in total. The van der Waals surface area contributed by atoms with Crippen molar-refractivity contribution < 1.29 is 9.47 Å². The summed E-state index contributed by atoms with van der Waals surface area (Å²) in [6.07, 6.45) is 9.64. The van der Waals surface area contributed by atoms with Gasteiger partial charge in [-0.05, 0) is 75.7 Å². The summed E-state index contributed by atoms with van der Waals surface area (Å²) < 4.78 is 12.4. The lowest BCUT2D eigenvalue weighted by atomic mass is 9.68. The molecule has 8 atom stereocenters. The summed E-state index contributed by atoms with van der Waals surface area (Å²) in [7, 11) is 0. The second-order valence-corrected chi connectivity index (χ2v) is 9.12. The normalized spacial score (nSPS) is 49.2. The predicted molar refractivity (Wildman–Crippen MR) is 99.0 cm³/mol. The van der Waals surface area contributed by atoms with E-state index in [0.29, 0.717) is 36.9 Å². The van der Waals surface area contributed by atoms with Crippen molar-refractivity contribution >= 4 is 0 Å². The Morgan fingerprint density at radius 2 is 1.88 bits per heavy atom. The minimum Gasteiger partial charge on any atom is -0.375 e. The van der Waals surface area contributed by atoms with Crippen molar-refractivity contribution in [1.82, 2.24) is 16.2 Å². The fourth-order valence-electron chi connectivity index (χ4n) is 5.77. The number of rotatable bonds is 0. The van der Waals surface area contributed by atoms with Crippen LogP contribution in [0.15, 0.2) is 0 Å². The first-order valence-electron chi connectivity index (χ1n) is 10.7. The standard InChI is InChI=1S/C20H37N3O2/c1-13-8-18-17-10-19(13)25-14(2)6-7-21-12-24-11-15-4-3-5-16(9-15)20(17)23-22-18/h13-23H,3-12H2,1-2H3/t13?,14-,15?,16?,17?,18?,19?,20?/m1/s1. The van der Waals surface area contributed by atoms with E-state index >= 15 is 0 Å². The summed E-state index contributed by atoms with van der Waals surface area (Å²) in [5, 5.41) is 3.43. The fraction of sp³-hybridized carbons (Fsp3) is 1.00. The quantitative estimate of drug-likeness (QED) is 0.626. The van der Waals surface area contributed by atoms with E-state index in [-0.39, 0.29) is 0 Å². The topological polar surface area (TPSA) is 54.5 Å². The van der Waals surface area contributed by atoms with Crippen LogP contribution in [0.5, 0.6) is 0 Å². The average molecular weight is 352 g/mol. The van der Waals surface area contributed by atoms with Crippen LogP contribution in [-0.2, 0) is 9.47 Å². The highest BCUT2D eigenvalue weighted by Gasteiger charge is 2.46. The highest BCUT2D eigenvalue weighted by Crippen LogP contribution is 2.42. The first-order chi connectivity index (χ1) is 12.2. The fourth-order valence-corrected chi connectivity index (χ4v) is 5.77. The number of hydrazine groups is 1. The second-order valence-electron chi connectivity index (χ2n) is 9.12. The van der Waals surface area contributed by atoms with E-state index in [4.69, 9.17) is 9.47 Å². The molecule has 4 bridgehead atoms. The van der Waals surface area contributed by atoms with Gasteiger partial charge in [-0.25, -0.2) is 0 Å². The van der Waals surface area contributed by atoms with Gasteiger partial charge in [0.25, 0.3) is 0 Å². The van der Waals surface area contributed by atoms with Crippen molar-refractivity contribution in [3.63, 3.8) is 0 Å². The Morgan fingerprint density at radius 3 is 2.80 bits per heavy atom.